The number of benzene rings is 2. The van der Waals surface area contributed by atoms with Crippen LogP contribution in [0.2, 0.25) is 0 Å². The SMILES string of the molecule is C=CCOc1ccc(C=CC(=O)N2CCC(NC(=O)c3ccccc3)CC2)cc1. The number of nitrogens with one attached hydrogen (secondary N) is 1. The molecule has 3 rings (SSSR count). The fourth-order valence-corrected chi connectivity index (χ4v) is 3.21. The van der Waals surface area contributed by atoms with Gasteiger partial charge in [0.25, 0.3) is 5.91 Å². The van der Waals surface area contributed by atoms with Crippen molar-refractivity contribution in [2.75, 3.05) is 19.7 Å². The van der Waals surface area contributed by atoms with Crippen molar-refractivity contribution in [2.45, 2.75) is 18.9 Å². The summed E-state index contributed by atoms with van der Waals surface area (Å²) in [7, 11) is 0. The smallest absolute Gasteiger partial charge is 0.251 e. The minimum Gasteiger partial charge on any atom is -0.490 e. The Morgan fingerprint density at radius 1 is 1.07 bits per heavy atom. The molecular formula is C24H26N2O3. The molecule has 2 aromatic carbocycles. The van der Waals surface area contributed by atoms with E-state index < -0.39 is 0 Å². The van der Waals surface area contributed by atoms with Crippen LogP contribution in [-0.2, 0) is 4.79 Å². The second-order valence-electron chi connectivity index (χ2n) is 6.94. The zero-order valence-electron chi connectivity index (χ0n) is 16.4. The number of carbonyl (C=O) groups excluding carboxylic acids is 2. The summed E-state index contributed by atoms with van der Waals surface area (Å²) in [6.45, 7) is 5.36. The molecule has 0 spiro atoms. The number of ether oxygens (including phenoxy) is 1. The molecule has 0 unspecified atom stereocenters. The zero-order chi connectivity index (χ0) is 20.5. The van der Waals surface area contributed by atoms with Crippen molar-refractivity contribution in [1.82, 2.24) is 10.2 Å². The average molecular weight is 390 g/mol. The molecule has 1 N–H and O–H groups in total. The quantitative estimate of drug-likeness (QED) is 0.579. The minimum absolute atomic E-state index is 0.00943. The van der Waals surface area contributed by atoms with Gasteiger partial charge in [0.05, 0.1) is 0 Å². The molecule has 0 bridgehead atoms. The van der Waals surface area contributed by atoms with Gasteiger partial charge < -0.3 is 15.0 Å². The Kier molecular flexibility index (Phi) is 7.22. The number of hydrogen-bond donors (Lipinski definition) is 1. The van der Waals surface area contributed by atoms with Gasteiger partial charge in [-0.15, -0.1) is 0 Å². The minimum atomic E-state index is -0.0595. The summed E-state index contributed by atoms with van der Waals surface area (Å²) in [6, 6.07) is 16.9. The standard InChI is InChI=1S/C24H26N2O3/c1-2-18-29-22-11-8-19(9-12-22)10-13-23(27)26-16-14-21(15-17-26)25-24(28)20-6-4-3-5-7-20/h2-13,21H,1,14-18H2,(H,25,28). The van der Waals surface area contributed by atoms with E-state index in [2.05, 4.69) is 11.9 Å². The van der Waals surface area contributed by atoms with E-state index in [9.17, 15) is 9.59 Å². The third kappa shape index (κ3) is 6.07. The summed E-state index contributed by atoms with van der Waals surface area (Å²) in [4.78, 5) is 26.5. The van der Waals surface area contributed by atoms with Crippen molar-refractivity contribution in [1.29, 1.82) is 0 Å². The highest BCUT2D eigenvalue weighted by atomic mass is 16.5. The lowest BCUT2D eigenvalue weighted by molar-refractivity contribution is -0.126. The monoisotopic (exact) mass is 390 g/mol. The van der Waals surface area contributed by atoms with Gasteiger partial charge in [0.1, 0.15) is 12.4 Å². The van der Waals surface area contributed by atoms with Crippen molar-refractivity contribution in [3.8, 4) is 5.75 Å². The maximum absolute atomic E-state index is 12.4. The molecule has 5 nitrogen and oxygen atoms in total. The molecule has 0 saturated carbocycles. The first kappa shape index (κ1) is 20.4. The Bertz CT molecular complexity index is 851. The fourth-order valence-electron chi connectivity index (χ4n) is 3.21. The molecule has 0 aliphatic carbocycles. The zero-order valence-corrected chi connectivity index (χ0v) is 16.4. The van der Waals surface area contributed by atoms with Gasteiger partial charge in [-0.05, 0) is 48.7 Å². The summed E-state index contributed by atoms with van der Waals surface area (Å²) < 4.78 is 5.45. The summed E-state index contributed by atoms with van der Waals surface area (Å²) in [6.07, 6.45) is 6.62. The summed E-state index contributed by atoms with van der Waals surface area (Å²) in [5.74, 6) is 0.702. The number of piperidine rings is 1. The van der Waals surface area contributed by atoms with Crippen LogP contribution in [0.3, 0.4) is 0 Å². The summed E-state index contributed by atoms with van der Waals surface area (Å²) in [5.41, 5.74) is 1.60. The number of rotatable bonds is 7. The van der Waals surface area contributed by atoms with Gasteiger partial charge in [0.15, 0.2) is 0 Å². The molecule has 2 amide bonds. The van der Waals surface area contributed by atoms with E-state index in [1.807, 2.05) is 53.4 Å². The molecule has 1 fully saturated rings. The van der Waals surface area contributed by atoms with Crippen molar-refractivity contribution in [3.63, 3.8) is 0 Å². The van der Waals surface area contributed by atoms with Gasteiger partial charge in [-0.2, -0.15) is 0 Å². The number of hydrogen-bond acceptors (Lipinski definition) is 3. The van der Waals surface area contributed by atoms with E-state index in [0.717, 1.165) is 24.2 Å². The van der Waals surface area contributed by atoms with Gasteiger partial charge in [-0.3, -0.25) is 9.59 Å². The number of nitrogens with zero attached hydrogens (tertiary/aromatic N) is 1. The molecule has 1 saturated heterocycles. The van der Waals surface area contributed by atoms with Crippen LogP contribution in [0.15, 0.2) is 73.3 Å². The van der Waals surface area contributed by atoms with Gasteiger partial charge in [0, 0.05) is 30.8 Å². The van der Waals surface area contributed by atoms with Crippen molar-refractivity contribution >= 4 is 17.9 Å². The van der Waals surface area contributed by atoms with E-state index in [-0.39, 0.29) is 17.9 Å². The third-order valence-corrected chi connectivity index (χ3v) is 4.84. The van der Waals surface area contributed by atoms with Crippen LogP contribution in [-0.4, -0.2) is 42.5 Å². The Labute approximate surface area is 171 Å². The van der Waals surface area contributed by atoms with E-state index >= 15 is 0 Å². The maximum atomic E-state index is 12.4. The van der Waals surface area contributed by atoms with Gasteiger partial charge >= 0.3 is 0 Å². The molecule has 29 heavy (non-hydrogen) atoms. The predicted octanol–water partition coefficient (Wildman–Crippen LogP) is 3.69. The Hall–Kier alpha value is -3.34. The molecule has 150 valence electrons. The lowest BCUT2D eigenvalue weighted by atomic mass is 10.0. The molecule has 1 aliphatic heterocycles. The highest BCUT2D eigenvalue weighted by Crippen LogP contribution is 2.15. The van der Waals surface area contributed by atoms with Crippen molar-refractivity contribution in [2.24, 2.45) is 0 Å². The van der Waals surface area contributed by atoms with E-state index in [0.29, 0.717) is 25.3 Å². The van der Waals surface area contributed by atoms with Crippen LogP contribution in [0.1, 0.15) is 28.8 Å². The summed E-state index contributed by atoms with van der Waals surface area (Å²) in [5, 5.41) is 3.06. The van der Waals surface area contributed by atoms with E-state index in [1.165, 1.54) is 0 Å². The average Bonchev–Trinajstić information content (AvgIpc) is 2.78. The van der Waals surface area contributed by atoms with Crippen LogP contribution in [0.4, 0.5) is 0 Å². The first-order chi connectivity index (χ1) is 14.2. The first-order valence-corrected chi connectivity index (χ1v) is 9.82. The summed E-state index contributed by atoms with van der Waals surface area (Å²) >= 11 is 0. The van der Waals surface area contributed by atoms with Gasteiger partial charge in [-0.1, -0.05) is 43.0 Å². The number of likely N-dealkylation sites (tertiary alicyclic amines) is 1. The largest absolute Gasteiger partial charge is 0.490 e. The second kappa shape index (κ2) is 10.3. The van der Waals surface area contributed by atoms with Crippen LogP contribution in [0, 0.1) is 0 Å². The highest BCUT2D eigenvalue weighted by Gasteiger charge is 2.23. The lowest BCUT2D eigenvalue weighted by Crippen LogP contribution is -2.46. The van der Waals surface area contributed by atoms with E-state index in [4.69, 9.17) is 4.74 Å². The molecule has 0 radical (unpaired) electrons. The number of amides is 2. The van der Waals surface area contributed by atoms with Crippen molar-refractivity contribution < 1.29 is 14.3 Å². The molecule has 2 aromatic rings. The Morgan fingerprint density at radius 3 is 2.41 bits per heavy atom. The molecule has 5 heteroatoms. The van der Waals surface area contributed by atoms with Crippen LogP contribution < -0.4 is 10.1 Å². The van der Waals surface area contributed by atoms with Crippen molar-refractivity contribution in [3.05, 3.63) is 84.5 Å². The maximum Gasteiger partial charge on any atom is 0.251 e. The molecule has 1 aliphatic rings. The van der Waals surface area contributed by atoms with Gasteiger partial charge in [0.2, 0.25) is 5.91 Å². The molecule has 0 atom stereocenters. The van der Waals surface area contributed by atoms with Crippen LogP contribution in [0.25, 0.3) is 6.08 Å². The third-order valence-electron chi connectivity index (χ3n) is 4.84. The second-order valence-corrected chi connectivity index (χ2v) is 6.94. The molecule has 1 heterocycles. The van der Waals surface area contributed by atoms with Crippen LogP contribution >= 0.6 is 0 Å². The Balaban J connectivity index is 1.45. The number of carbonyl (C=O) groups is 2. The van der Waals surface area contributed by atoms with E-state index in [1.54, 1.807) is 24.3 Å². The predicted molar refractivity (Wildman–Crippen MR) is 115 cm³/mol. The highest BCUT2D eigenvalue weighted by molar-refractivity contribution is 5.94. The lowest BCUT2D eigenvalue weighted by Gasteiger charge is -2.31. The Morgan fingerprint density at radius 2 is 1.76 bits per heavy atom. The normalized spacial score (nSPS) is 14.6. The van der Waals surface area contributed by atoms with Gasteiger partial charge in [-0.25, -0.2) is 0 Å². The van der Waals surface area contributed by atoms with Crippen LogP contribution in [0.5, 0.6) is 5.75 Å². The topological polar surface area (TPSA) is 58.6 Å². The first-order valence-electron chi connectivity index (χ1n) is 9.82. The molecule has 0 aromatic heterocycles. The molecular weight excluding hydrogens is 364 g/mol. The fraction of sp³-hybridized carbons (Fsp3) is 0.250.